The van der Waals surface area contributed by atoms with Crippen LogP contribution in [0.15, 0.2) is 78.9 Å². The van der Waals surface area contributed by atoms with Crippen molar-refractivity contribution in [2.45, 2.75) is 25.5 Å². The Morgan fingerprint density at radius 2 is 1.69 bits per heavy atom. The van der Waals surface area contributed by atoms with Crippen LogP contribution in [0.3, 0.4) is 0 Å². The van der Waals surface area contributed by atoms with Gasteiger partial charge in [0.25, 0.3) is 0 Å². The molecule has 3 rings (SSSR count). The maximum atomic E-state index is 13.0. The lowest BCUT2D eigenvalue weighted by Gasteiger charge is -2.21. The van der Waals surface area contributed by atoms with Crippen LogP contribution < -0.4 is 9.84 Å². The molecule has 0 fully saturated rings. The van der Waals surface area contributed by atoms with E-state index in [-0.39, 0.29) is 18.5 Å². The standard InChI is InChI=1S/C23H23NO6P2/c1-17(24-23(25)29-15-18-8-4-2-5-9-18)32(27,28)16-21-14-20(12-13-22(21)30-31-26)19-10-6-3-7-11-19/h2-14,17H,15-16H2,1H3,(H,24,25)(H,27,28)/t17-/m1/s1. The highest BCUT2D eigenvalue weighted by Gasteiger charge is 2.30. The molecule has 2 atom stereocenters. The summed E-state index contributed by atoms with van der Waals surface area (Å²) in [5.74, 6) is -0.835. The predicted octanol–water partition coefficient (Wildman–Crippen LogP) is 5.98. The van der Waals surface area contributed by atoms with Gasteiger partial charge in [-0.2, -0.15) is 0 Å². The van der Waals surface area contributed by atoms with Crippen LogP contribution in [0.2, 0.25) is 0 Å². The van der Waals surface area contributed by atoms with Gasteiger partial charge in [-0.1, -0.05) is 66.7 Å². The minimum absolute atomic E-state index is 0.0504. The van der Waals surface area contributed by atoms with Gasteiger partial charge in [0.05, 0.1) is 6.16 Å². The smallest absolute Gasteiger partial charge is 0.408 e. The molecule has 0 aliphatic rings. The molecule has 0 spiro atoms. The Bertz CT molecular complexity index is 1110. The Kier molecular flexibility index (Phi) is 8.18. The zero-order valence-electron chi connectivity index (χ0n) is 17.4. The van der Waals surface area contributed by atoms with Crippen LogP contribution >= 0.6 is 16.1 Å². The fraction of sp³-hybridized carbons (Fsp3) is 0.174. The van der Waals surface area contributed by atoms with E-state index >= 15 is 0 Å². The SMILES string of the molecule is C[C@H](NC(=O)OCc1ccccc1)P(=O)(O)Cc1cc(-c2ccccc2)ccc1OP=O. The molecule has 1 amide bonds. The molecule has 0 heterocycles. The minimum Gasteiger partial charge on any atom is -0.445 e. The van der Waals surface area contributed by atoms with E-state index in [0.717, 1.165) is 16.7 Å². The van der Waals surface area contributed by atoms with Crippen LogP contribution in [0, 0.1) is 0 Å². The Labute approximate surface area is 188 Å². The number of hydrogen-bond donors (Lipinski definition) is 2. The summed E-state index contributed by atoms with van der Waals surface area (Å²) in [7, 11) is -4.49. The van der Waals surface area contributed by atoms with Crippen molar-refractivity contribution in [3.63, 3.8) is 0 Å². The molecule has 0 radical (unpaired) electrons. The van der Waals surface area contributed by atoms with Crippen LogP contribution in [-0.2, 0) is 26.6 Å². The van der Waals surface area contributed by atoms with Crippen LogP contribution in [-0.4, -0.2) is 16.8 Å². The third-order valence-electron chi connectivity index (χ3n) is 4.84. The first-order valence-electron chi connectivity index (χ1n) is 9.86. The molecule has 0 aromatic heterocycles. The average molecular weight is 471 g/mol. The van der Waals surface area contributed by atoms with Crippen molar-refractivity contribution in [1.29, 1.82) is 0 Å². The Morgan fingerprint density at radius 3 is 2.34 bits per heavy atom. The van der Waals surface area contributed by atoms with Crippen LogP contribution in [0.25, 0.3) is 11.1 Å². The average Bonchev–Trinajstić information content (AvgIpc) is 2.80. The Balaban J connectivity index is 1.71. The molecular formula is C23H23NO6P2. The second-order valence-corrected chi connectivity index (χ2v) is 10.1. The van der Waals surface area contributed by atoms with Crippen LogP contribution in [0.4, 0.5) is 4.79 Å². The van der Waals surface area contributed by atoms with Gasteiger partial charge in [-0.3, -0.25) is 4.57 Å². The monoisotopic (exact) mass is 471 g/mol. The molecule has 3 aromatic carbocycles. The summed E-state index contributed by atoms with van der Waals surface area (Å²) in [4.78, 5) is 22.8. The fourth-order valence-corrected chi connectivity index (χ4v) is 4.63. The number of alkyl carbamates (subject to hydrolysis) is 1. The molecule has 0 saturated heterocycles. The van der Waals surface area contributed by atoms with E-state index in [9.17, 15) is 18.8 Å². The van der Waals surface area contributed by atoms with Crippen molar-refractivity contribution in [2.75, 3.05) is 0 Å². The van der Waals surface area contributed by atoms with Crippen molar-refractivity contribution in [3.05, 3.63) is 90.0 Å². The highest BCUT2D eigenvalue weighted by Crippen LogP contribution is 2.50. The summed E-state index contributed by atoms with van der Waals surface area (Å²) in [6.45, 7) is 1.49. The summed E-state index contributed by atoms with van der Waals surface area (Å²) >= 11 is 0. The number of amides is 1. The van der Waals surface area contributed by atoms with Gasteiger partial charge in [0.2, 0.25) is 7.37 Å². The molecule has 0 aliphatic carbocycles. The minimum atomic E-state index is -3.91. The Morgan fingerprint density at radius 1 is 1.03 bits per heavy atom. The van der Waals surface area contributed by atoms with Gasteiger partial charge in [0, 0.05) is 5.56 Å². The van der Waals surface area contributed by atoms with Crippen LogP contribution in [0.5, 0.6) is 5.75 Å². The summed E-state index contributed by atoms with van der Waals surface area (Å²) < 4.78 is 34.3. The van der Waals surface area contributed by atoms with Crippen molar-refractivity contribution in [1.82, 2.24) is 5.32 Å². The topological polar surface area (TPSA) is 102 Å². The molecule has 0 bridgehead atoms. The molecule has 166 valence electrons. The van der Waals surface area contributed by atoms with Gasteiger partial charge < -0.3 is 19.5 Å². The van der Waals surface area contributed by atoms with E-state index in [0.29, 0.717) is 5.56 Å². The van der Waals surface area contributed by atoms with Gasteiger partial charge in [0.1, 0.15) is 18.1 Å². The first-order chi connectivity index (χ1) is 15.4. The maximum absolute atomic E-state index is 13.0. The van der Waals surface area contributed by atoms with Crippen molar-refractivity contribution >= 4 is 22.1 Å². The van der Waals surface area contributed by atoms with E-state index in [2.05, 4.69) is 5.32 Å². The molecule has 9 heteroatoms. The lowest BCUT2D eigenvalue weighted by Crippen LogP contribution is -2.33. The van der Waals surface area contributed by atoms with E-state index in [1.807, 2.05) is 60.7 Å². The summed E-state index contributed by atoms with van der Waals surface area (Å²) in [6, 6.07) is 23.7. The second-order valence-electron chi connectivity index (χ2n) is 7.15. The highest BCUT2D eigenvalue weighted by atomic mass is 31.2. The first kappa shape index (κ1) is 23.7. The molecule has 2 N–H and O–H groups in total. The van der Waals surface area contributed by atoms with Gasteiger partial charge in [0.15, 0.2) is 0 Å². The predicted molar refractivity (Wildman–Crippen MR) is 123 cm³/mol. The van der Waals surface area contributed by atoms with Gasteiger partial charge in [-0.05, 0) is 35.7 Å². The zero-order valence-corrected chi connectivity index (χ0v) is 19.2. The molecule has 7 nitrogen and oxygen atoms in total. The van der Waals surface area contributed by atoms with E-state index in [4.69, 9.17) is 9.26 Å². The Hall–Kier alpha value is -2.98. The number of benzene rings is 3. The molecule has 0 saturated carbocycles. The summed E-state index contributed by atoms with van der Waals surface area (Å²) in [5, 5.41) is 2.43. The molecular weight excluding hydrogens is 448 g/mol. The normalized spacial score (nSPS) is 13.7. The number of nitrogens with one attached hydrogen (secondary N) is 1. The number of carbonyl (C=O) groups excluding carboxylic acids is 1. The highest BCUT2D eigenvalue weighted by molar-refractivity contribution is 7.57. The van der Waals surface area contributed by atoms with Gasteiger partial charge in [-0.15, -0.1) is 0 Å². The molecule has 32 heavy (non-hydrogen) atoms. The van der Waals surface area contributed by atoms with Crippen molar-refractivity contribution in [2.24, 2.45) is 0 Å². The second kappa shape index (κ2) is 11.1. The van der Waals surface area contributed by atoms with Crippen LogP contribution in [0.1, 0.15) is 18.1 Å². The number of hydrogen-bond acceptors (Lipinski definition) is 5. The molecule has 1 unspecified atom stereocenters. The third kappa shape index (κ3) is 6.51. The van der Waals surface area contributed by atoms with Crippen molar-refractivity contribution in [3.8, 4) is 16.9 Å². The summed E-state index contributed by atoms with van der Waals surface area (Å²) in [6.07, 6.45) is -1.07. The number of carbonyl (C=O) groups is 1. The quantitative estimate of drug-likeness (QED) is 0.372. The molecule has 0 aliphatic heterocycles. The number of rotatable bonds is 9. The maximum Gasteiger partial charge on any atom is 0.408 e. The molecule has 3 aromatic rings. The van der Waals surface area contributed by atoms with Gasteiger partial charge >= 0.3 is 14.8 Å². The number of ether oxygens (including phenoxy) is 1. The van der Waals surface area contributed by atoms with Crippen molar-refractivity contribution < 1.29 is 28.1 Å². The third-order valence-corrected chi connectivity index (χ3v) is 7.25. The largest absolute Gasteiger partial charge is 0.445 e. The van der Waals surface area contributed by atoms with Gasteiger partial charge in [-0.25, -0.2) is 9.36 Å². The van der Waals surface area contributed by atoms with E-state index in [1.54, 1.807) is 18.2 Å². The summed E-state index contributed by atoms with van der Waals surface area (Å²) in [5.41, 5.74) is 2.95. The fourth-order valence-electron chi connectivity index (χ4n) is 3.06. The zero-order chi connectivity index (χ0) is 23.0. The van der Waals surface area contributed by atoms with E-state index in [1.165, 1.54) is 6.92 Å². The van der Waals surface area contributed by atoms with E-state index < -0.39 is 27.9 Å². The lowest BCUT2D eigenvalue weighted by molar-refractivity contribution is 0.138. The first-order valence-corrected chi connectivity index (χ1v) is 12.5. The lowest BCUT2D eigenvalue weighted by atomic mass is 10.0.